The van der Waals surface area contributed by atoms with Crippen LogP contribution in [0.25, 0.3) is 16.0 Å². The number of nitrogens with zero attached hydrogens (tertiary/aromatic N) is 4. The standard InChI is InChI=1S/C21H22FN5O3S/c1-12(2)6-8-25-19(29)18-16(7-9-31-18)27-20(25)24-26(21(27)30)11-17(28)23-14-5-4-13(3)15(22)10-14/h4-5,7,9-10,12H,6,8,11H2,1-3H3,(H,23,28). The monoisotopic (exact) mass is 443 g/mol. The van der Waals surface area contributed by atoms with Crippen molar-refractivity contribution in [2.75, 3.05) is 5.32 Å². The molecule has 1 aromatic carbocycles. The van der Waals surface area contributed by atoms with Gasteiger partial charge in [-0.05, 0) is 48.4 Å². The molecule has 4 aromatic rings. The normalized spacial score (nSPS) is 11.6. The molecule has 3 heterocycles. The maximum Gasteiger partial charge on any atom is 0.352 e. The van der Waals surface area contributed by atoms with Crippen LogP contribution in [0.5, 0.6) is 0 Å². The van der Waals surface area contributed by atoms with E-state index in [0.29, 0.717) is 33.9 Å². The number of hydrogen-bond acceptors (Lipinski definition) is 5. The third kappa shape index (κ3) is 3.90. The van der Waals surface area contributed by atoms with Crippen molar-refractivity contribution in [2.45, 2.75) is 40.3 Å². The Bertz CT molecular complexity index is 1410. The molecule has 0 fully saturated rings. The average molecular weight is 444 g/mol. The van der Waals surface area contributed by atoms with Gasteiger partial charge in [0.05, 0.1) is 5.52 Å². The highest BCUT2D eigenvalue weighted by molar-refractivity contribution is 7.17. The van der Waals surface area contributed by atoms with E-state index in [1.54, 1.807) is 30.5 Å². The summed E-state index contributed by atoms with van der Waals surface area (Å²) in [7, 11) is 0. The molecule has 0 spiro atoms. The highest BCUT2D eigenvalue weighted by Gasteiger charge is 2.19. The Balaban J connectivity index is 1.73. The van der Waals surface area contributed by atoms with Crippen molar-refractivity contribution in [1.29, 1.82) is 0 Å². The number of fused-ring (bicyclic) bond motifs is 3. The van der Waals surface area contributed by atoms with Crippen LogP contribution in [-0.2, 0) is 17.9 Å². The quantitative estimate of drug-likeness (QED) is 0.496. The van der Waals surface area contributed by atoms with Gasteiger partial charge >= 0.3 is 5.69 Å². The smallest absolute Gasteiger partial charge is 0.324 e. The van der Waals surface area contributed by atoms with Gasteiger partial charge in [0.1, 0.15) is 17.1 Å². The number of amides is 1. The first-order valence-corrected chi connectivity index (χ1v) is 10.8. The van der Waals surface area contributed by atoms with Gasteiger partial charge in [-0.1, -0.05) is 19.9 Å². The van der Waals surface area contributed by atoms with Crippen molar-refractivity contribution in [3.05, 3.63) is 61.9 Å². The van der Waals surface area contributed by atoms with Gasteiger partial charge in [-0.2, -0.15) is 0 Å². The topological polar surface area (TPSA) is 90.4 Å². The van der Waals surface area contributed by atoms with Crippen LogP contribution in [-0.4, -0.2) is 24.7 Å². The molecule has 8 nitrogen and oxygen atoms in total. The zero-order chi connectivity index (χ0) is 22.3. The number of benzene rings is 1. The first-order chi connectivity index (χ1) is 14.8. The average Bonchev–Trinajstić information content (AvgIpc) is 3.30. The molecule has 0 aliphatic heterocycles. The highest BCUT2D eigenvalue weighted by Crippen LogP contribution is 2.18. The predicted octanol–water partition coefficient (Wildman–Crippen LogP) is 3.00. The lowest BCUT2D eigenvalue weighted by Crippen LogP contribution is -2.29. The van der Waals surface area contributed by atoms with Gasteiger partial charge in [-0.25, -0.2) is 18.3 Å². The molecule has 162 valence electrons. The van der Waals surface area contributed by atoms with Crippen LogP contribution < -0.4 is 16.6 Å². The first kappa shape index (κ1) is 21.0. The van der Waals surface area contributed by atoms with Crippen molar-refractivity contribution >= 4 is 38.9 Å². The van der Waals surface area contributed by atoms with E-state index in [-0.39, 0.29) is 17.9 Å². The van der Waals surface area contributed by atoms with E-state index in [9.17, 15) is 18.8 Å². The summed E-state index contributed by atoms with van der Waals surface area (Å²) < 4.78 is 18.1. The number of hydrogen-bond donors (Lipinski definition) is 1. The lowest BCUT2D eigenvalue weighted by atomic mass is 10.1. The summed E-state index contributed by atoms with van der Waals surface area (Å²) in [4.78, 5) is 38.5. The molecule has 0 aliphatic rings. The predicted molar refractivity (Wildman–Crippen MR) is 118 cm³/mol. The number of anilines is 1. The van der Waals surface area contributed by atoms with Crippen molar-refractivity contribution in [3.63, 3.8) is 0 Å². The molecule has 4 rings (SSSR count). The second-order valence-corrected chi connectivity index (χ2v) is 8.78. The summed E-state index contributed by atoms with van der Waals surface area (Å²) in [6, 6.07) is 6.06. The second kappa shape index (κ2) is 8.10. The minimum absolute atomic E-state index is 0.199. The number of halogens is 1. The summed E-state index contributed by atoms with van der Waals surface area (Å²) in [5.41, 5.74) is 0.521. The van der Waals surface area contributed by atoms with Crippen LogP contribution in [0.15, 0.2) is 39.2 Å². The van der Waals surface area contributed by atoms with E-state index in [4.69, 9.17) is 0 Å². The Hall–Kier alpha value is -3.27. The number of rotatable bonds is 6. The van der Waals surface area contributed by atoms with E-state index >= 15 is 0 Å². The Morgan fingerprint density at radius 3 is 2.74 bits per heavy atom. The Labute approximate surface area is 180 Å². The molecule has 0 unspecified atom stereocenters. The number of carbonyl (C=O) groups is 1. The molecule has 1 amide bonds. The van der Waals surface area contributed by atoms with Crippen LogP contribution in [0.1, 0.15) is 25.8 Å². The fraction of sp³-hybridized carbons (Fsp3) is 0.333. The van der Waals surface area contributed by atoms with Gasteiger partial charge < -0.3 is 5.32 Å². The first-order valence-electron chi connectivity index (χ1n) is 9.92. The zero-order valence-electron chi connectivity index (χ0n) is 17.4. The minimum atomic E-state index is -0.522. The van der Waals surface area contributed by atoms with Crippen LogP contribution in [0.2, 0.25) is 0 Å². The zero-order valence-corrected chi connectivity index (χ0v) is 18.2. The van der Waals surface area contributed by atoms with Crippen LogP contribution in [0, 0.1) is 18.7 Å². The molecular formula is C21H22FN5O3S. The molecule has 0 aliphatic carbocycles. The van der Waals surface area contributed by atoms with Gasteiger partial charge in [0.15, 0.2) is 0 Å². The van der Waals surface area contributed by atoms with Crippen molar-refractivity contribution in [3.8, 4) is 0 Å². The molecule has 0 bridgehead atoms. The van der Waals surface area contributed by atoms with Crippen LogP contribution in [0.3, 0.4) is 0 Å². The van der Waals surface area contributed by atoms with Gasteiger partial charge in [-0.3, -0.25) is 14.2 Å². The Morgan fingerprint density at radius 1 is 1.26 bits per heavy atom. The number of aryl methyl sites for hydroxylation is 2. The SMILES string of the molecule is Cc1ccc(NC(=O)Cn2nc3n(CCC(C)C)c(=O)c4sccc4n3c2=O)cc1F. The van der Waals surface area contributed by atoms with E-state index in [2.05, 4.69) is 24.3 Å². The largest absolute Gasteiger partial charge is 0.352 e. The second-order valence-electron chi connectivity index (χ2n) is 7.86. The van der Waals surface area contributed by atoms with Crippen LogP contribution in [0.4, 0.5) is 10.1 Å². The summed E-state index contributed by atoms with van der Waals surface area (Å²) >= 11 is 1.27. The Morgan fingerprint density at radius 2 is 2.03 bits per heavy atom. The van der Waals surface area contributed by atoms with Crippen molar-refractivity contribution in [1.82, 2.24) is 18.7 Å². The molecule has 0 saturated heterocycles. The molecule has 0 radical (unpaired) electrons. The maximum absolute atomic E-state index is 13.7. The van der Waals surface area contributed by atoms with Crippen molar-refractivity contribution in [2.24, 2.45) is 5.92 Å². The van der Waals surface area contributed by atoms with E-state index in [0.717, 1.165) is 11.1 Å². The number of aromatic nitrogens is 4. The lowest BCUT2D eigenvalue weighted by Gasteiger charge is -2.09. The minimum Gasteiger partial charge on any atom is -0.324 e. The molecule has 1 N–H and O–H groups in total. The lowest BCUT2D eigenvalue weighted by molar-refractivity contribution is -0.117. The summed E-state index contributed by atoms with van der Waals surface area (Å²) in [5, 5.41) is 8.62. The van der Waals surface area contributed by atoms with Gasteiger partial charge in [0.25, 0.3) is 5.56 Å². The summed E-state index contributed by atoms with van der Waals surface area (Å²) in [6.07, 6.45) is 0.743. The fourth-order valence-electron chi connectivity index (χ4n) is 3.33. The van der Waals surface area contributed by atoms with Gasteiger partial charge in [0.2, 0.25) is 11.7 Å². The third-order valence-electron chi connectivity index (χ3n) is 5.07. The molecule has 0 atom stereocenters. The highest BCUT2D eigenvalue weighted by atomic mass is 32.1. The van der Waals surface area contributed by atoms with Crippen molar-refractivity contribution < 1.29 is 9.18 Å². The molecule has 0 saturated carbocycles. The molecule has 10 heteroatoms. The van der Waals surface area contributed by atoms with Crippen LogP contribution >= 0.6 is 11.3 Å². The molecule has 3 aromatic heterocycles. The number of thiophene rings is 1. The number of carbonyl (C=O) groups excluding carboxylic acids is 1. The van der Waals surface area contributed by atoms with Gasteiger partial charge in [-0.15, -0.1) is 16.4 Å². The van der Waals surface area contributed by atoms with E-state index < -0.39 is 17.4 Å². The maximum atomic E-state index is 13.7. The van der Waals surface area contributed by atoms with E-state index in [1.807, 2.05) is 0 Å². The fourth-order valence-corrected chi connectivity index (χ4v) is 4.16. The summed E-state index contributed by atoms with van der Waals surface area (Å²) in [5.74, 6) is -0.390. The number of nitrogens with one attached hydrogen (secondary N) is 1. The molecule has 31 heavy (non-hydrogen) atoms. The van der Waals surface area contributed by atoms with Gasteiger partial charge in [0, 0.05) is 12.2 Å². The van der Waals surface area contributed by atoms with E-state index in [1.165, 1.54) is 26.4 Å². The Kier molecular flexibility index (Phi) is 5.48. The summed E-state index contributed by atoms with van der Waals surface area (Å²) in [6.45, 7) is 5.78. The third-order valence-corrected chi connectivity index (χ3v) is 5.96. The molecular weight excluding hydrogens is 421 g/mol.